The highest BCUT2D eigenvalue weighted by atomic mass is 32.2. The molecule has 17 heavy (non-hydrogen) atoms. The van der Waals surface area contributed by atoms with Crippen LogP contribution in [0.15, 0.2) is 0 Å². The molecular formula is C13H25NO2S. The van der Waals surface area contributed by atoms with Crippen molar-refractivity contribution in [2.24, 2.45) is 0 Å². The summed E-state index contributed by atoms with van der Waals surface area (Å²) in [6, 6.07) is -0.0789. The Balaban J connectivity index is 3.78. The van der Waals surface area contributed by atoms with Gasteiger partial charge >= 0.3 is 0 Å². The molecule has 1 unspecified atom stereocenters. The Morgan fingerprint density at radius 3 is 2.59 bits per heavy atom. The minimum atomic E-state index is -1.07. The molecule has 100 valence electrons. The minimum Gasteiger partial charge on any atom is -0.598 e. The highest BCUT2D eigenvalue weighted by molar-refractivity contribution is 7.90. The van der Waals surface area contributed by atoms with Crippen LogP contribution in [0.2, 0.25) is 0 Å². The molecule has 0 amide bonds. The summed E-state index contributed by atoms with van der Waals surface area (Å²) in [5.74, 6) is 5.92. The number of unbranched alkanes of at least 4 members (excludes halogenated alkanes) is 1. The van der Waals surface area contributed by atoms with Crippen molar-refractivity contribution in [2.75, 3.05) is 13.2 Å². The Morgan fingerprint density at radius 1 is 1.41 bits per heavy atom. The second-order valence-corrected chi connectivity index (χ2v) is 6.95. The smallest absolute Gasteiger partial charge is 0.136 e. The van der Waals surface area contributed by atoms with Gasteiger partial charge in [0.15, 0.2) is 0 Å². The van der Waals surface area contributed by atoms with Gasteiger partial charge in [-0.25, -0.2) is 0 Å². The van der Waals surface area contributed by atoms with Gasteiger partial charge in [-0.15, -0.1) is 4.72 Å². The fourth-order valence-electron chi connectivity index (χ4n) is 0.931. The molecule has 0 rings (SSSR count). The van der Waals surface area contributed by atoms with E-state index in [0.29, 0.717) is 6.61 Å². The van der Waals surface area contributed by atoms with Gasteiger partial charge in [0.1, 0.15) is 17.4 Å². The summed E-state index contributed by atoms with van der Waals surface area (Å²) in [7, 11) is 0. The predicted molar refractivity (Wildman–Crippen MR) is 74.0 cm³/mol. The molecule has 0 aromatic rings. The van der Waals surface area contributed by atoms with Gasteiger partial charge in [-0.05, 0) is 34.1 Å². The van der Waals surface area contributed by atoms with E-state index in [1.54, 1.807) is 0 Å². The van der Waals surface area contributed by atoms with Crippen LogP contribution in [0.25, 0.3) is 0 Å². The highest BCUT2D eigenvalue weighted by Gasteiger charge is 2.27. The summed E-state index contributed by atoms with van der Waals surface area (Å²) in [5.41, 5.74) is 0. The maximum absolute atomic E-state index is 11.8. The van der Waals surface area contributed by atoms with Gasteiger partial charge in [0.2, 0.25) is 0 Å². The third kappa shape index (κ3) is 9.49. The van der Waals surface area contributed by atoms with E-state index in [0.717, 1.165) is 19.4 Å². The van der Waals surface area contributed by atoms with Gasteiger partial charge in [-0.2, -0.15) is 0 Å². The maximum Gasteiger partial charge on any atom is 0.136 e. The van der Waals surface area contributed by atoms with Crippen LogP contribution in [-0.2, 0) is 16.1 Å². The van der Waals surface area contributed by atoms with Crippen LogP contribution in [0.4, 0.5) is 0 Å². The average molecular weight is 259 g/mol. The third-order valence-corrected chi connectivity index (χ3v) is 3.66. The van der Waals surface area contributed by atoms with Gasteiger partial charge in [0.05, 0.1) is 0 Å². The quantitative estimate of drug-likeness (QED) is 0.452. The first-order chi connectivity index (χ1) is 7.88. The molecule has 0 saturated carbocycles. The summed E-state index contributed by atoms with van der Waals surface area (Å²) < 4.78 is 19.8. The lowest BCUT2D eigenvalue weighted by Gasteiger charge is -2.24. The molecule has 0 spiro atoms. The van der Waals surface area contributed by atoms with Gasteiger partial charge < -0.3 is 9.29 Å². The molecule has 0 aliphatic carbocycles. The largest absolute Gasteiger partial charge is 0.598 e. The number of hydrogen-bond donors (Lipinski definition) is 1. The van der Waals surface area contributed by atoms with E-state index in [2.05, 4.69) is 23.5 Å². The Kier molecular flexibility index (Phi) is 8.71. The lowest BCUT2D eigenvalue weighted by molar-refractivity contribution is 0.163. The first kappa shape index (κ1) is 16.8. The summed E-state index contributed by atoms with van der Waals surface area (Å²) in [6.07, 6.45) is 2.21. The van der Waals surface area contributed by atoms with Crippen LogP contribution in [0.5, 0.6) is 0 Å². The normalized spacial score (nSPS) is 14.9. The van der Waals surface area contributed by atoms with Gasteiger partial charge in [-0.1, -0.05) is 25.2 Å². The van der Waals surface area contributed by atoms with E-state index in [-0.39, 0.29) is 10.8 Å². The van der Waals surface area contributed by atoms with E-state index < -0.39 is 11.4 Å². The molecule has 0 aromatic heterocycles. The molecule has 1 N–H and O–H groups in total. The van der Waals surface area contributed by atoms with Crippen LogP contribution >= 0.6 is 0 Å². The molecule has 2 atom stereocenters. The number of ether oxygens (including phenoxy) is 1. The van der Waals surface area contributed by atoms with Crippen molar-refractivity contribution in [3.8, 4) is 11.8 Å². The second kappa shape index (κ2) is 8.82. The molecule has 0 aliphatic rings. The minimum absolute atomic E-state index is 0.0789. The first-order valence-corrected chi connectivity index (χ1v) is 7.27. The lowest BCUT2D eigenvalue weighted by Crippen LogP contribution is -2.43. The molecule has 0 heterocycles. The molecule has 0 bridgehead atoms. The number of hydrogen-bond acceptors (Lipinski definition) is 3. The van der Waals surface area contributed by atoms with Crippen molar-refractivity contribution >= 4 is 11.4 Å². The number of rotatable bonds is 6. The van der Waals surface area contributed by atoms with Crippen LogP contribution in [0.1, 0.15) is 47.5 Å². The molecule has 0 aliphatic heterocycles. The van der Waals surface area contributed by atoms with Crippen LogP contribution in [-0.4, -0.2) is 28.6 Å². The molecule has 0 fully saturated rings. The van der Waals surface area contributed by atoms with Gasteiger partial charge in [-0.3, -0.25) is 0 Å². The zero-order chi connectivity index (χ0) is 13.3. The molecule has 0 aromatic carbocycles. The van der Waals surface area contributed by atoms with E-state index in [9.17, 15) is 4.55 Å². The van der Waals surface area contributed by atoms with Gasteiger partial charge in [0.25, 0.3) is 0 Å². The summed E-state index contributed by atoms with van der Waals surface area (Å²) in [4.78, 5) is 0. The van der Waals surface area contributed by atoms with Crippen molar-refractivity contribution in [1.29, 1.82) is 0 Å². The van der Waals surface area contributed by atoms with Crippen molar-refractivity contribution in [1.82, 2.24) is 4.72 Å². The van der Waals surface area contributed by atoms with Crippen molar-refractivity contribution in [3.05, 3.63) is 0 Å². The first-order valence-electron chi connectivity index (χ1n) is 6.12. The Hall–Kier alpha value is -0.210. The SMILES string of the molecule is CCCCOCC#C[C@@H](C)N[S+]([O-])C(C)(C)C. The highest BCUT2D eigenvalue weighted by Crippen LogP contribution is 2.13. The summed E-state index contributed by atoms with van der Waals surface area (Å²) >= 11 is -1.07. The Bertz CT molecular complexity index is 252. The molecule has 3 nitrogen and oxygen atoms in total. The Morgan fingerprint density at radius 2 is 2.06 bits per heavy atom. The van der Waals surface area contributed by atoms with Crippen molar-refractivity contribution in [3.63, 3.8) is 0 Å². The predicted octanol–water partition coefficient (Wildman–Crippen LogP) is 2.25. The topological polar surface area (TPSA) is 44.3 Å². The van der Waals surface area contributed by atoms with Crippen LogP contribution in [0, 0.1) is 11.8 Å². The molecule has 0 saturated heterocycles. The second-order valence-electron chi connectivity index (χ2n) is 4.95. The zero-order valence-corrected chi connectivity index (χ0v) is 12.4. The monoisotopic (exact) mass is 259 g/mol. The molecule has 0 radical (unpaired) electrons. The lowest BCUT2D eigenvalue weighted by atomic mass is 10.3. The van der Waals surface area contributed by atoms with E-state index in [4.69, 9.17) is 4.74 Å². The fourth-order valence-corrected chi connectivity index (χ4v) is 1.66. The average Bonchev–Trinajstić information content (AvgIpc) is 2.21. The molecular weight excluding hydrogens is 234 g/mol. The summed E-state index contributed by atoms with van der Waals surface area (Å²) in [6.45, 7) is 11.1. The summed E-state index contributed by atoms with van der Waals surface area (Å²) in [5, 5.41) is 0. The zero-order valence-electron chi connectivity index (χ0n) is 11.6. The van der Waals surface area contributed by atoms with E-state index >= 15 is 0 Å². The van der Waals surface area contributed by atoms with E-state index in [1.165, 1.54) is 0 Å². The van der Waals surface area contributed by atoms with Crippen LogP contribution in [0.3, 0.4) is 0 Å². The van der Waals surface area contributed by atoms with Crippen LogP contribution < -0.4 is 4.72 Å². The maximum atomic E-state index is 11.8. The Labute approximate surface area is 109 Å². The van der Waals surface area contributed by atoms with Crippen molar-refractivity contribution < 1.29 is 9.29 Å². The fraction of sp³-hybridized carbons (Fsp3) is 0.846. The number of nitrogens with one attached hydrogen (secondary N) is 1. The molecule has 4 heteroatoms. The standard InChI is InChI=1S/C13H25NO2S/c1-6-7-10-16-11-8-9-12(2)14-17(15)13(3,4)5/h12,14H,6-7,10-11H2,1-5H3/t12-,17?/m1/s1. The van der Waals surface area contributed by atoms with Crippen molar-refractivity contribution in [2.45, 2.75) is 58.2 Å². The third-order valence-electron chi connectivity index (χ3n) is 1.98. The van der Waals surface area contributed by atoms with E-state index in [1.807, 2.05) is 27.7 Å². The van der Waals surface area contributed by atoms with Gasteiger partial charge in [0, 0.05) is 18.0 Å².